The molecule has 0 amide bonds. The van der Waals surface area contributed by atoms with E-state index in [0.29, 0.717) is 11.6 Å². The van der Waals surface area contributed by atoms with Gasteiger partial charge in [0, 0.05) is 20.8 Å². The van der Waals surface area contributed by atoms with Gasteiger partial charge < -0.3 is 4.98 Å². The second-order valence-corrected chi connectivity index (χ2v) is 6.42. The summed E-state index contributed by atoms with van der Waals surface area (Å²) < 4.78 is 0. The lowest BCUT2D eigenvalue weighted by atomic mass is 10.1. The minimum absolute atomic E-state index is 0.635. The Labute approximate surface area is 141 Å². The number of nitrogens with zero attached hydrogens (tertiary/aromatic N) is 3. The molecule has 7 heteroatoms. The normalized spacial score (nSPS) is 11.2. The van der Waals surface area contributed by atoms with Gasteiger partial charge in [0.25, 0.3) is 0 Å². The van der Waals surface area contributed by atoms with Crippen molar-refractivity contribution < 1.29 is 0 Å². The molecule has 2 N–H and O–H groups in total. The number of halogens is 1. The lowest BCUT2D eigenvalue weighted by Gasteiger charge is -2.03. The van der Waals surface area contributed by atoms with Gasteiger partial charge in [-0.05, 0) is 23.8 Å². The van der Waals surface area contributed by atoms with Crippen molar-refractivity contribution in [1.29, 1.82) is 0 Å². The van der Waals surface area contributed by atoms with Crippen LogP contribution in [-0.4, -0.2) is 25.6 Å². The van der Waals surface area contributed by atoms with Gasteiger partial charge in [-0.15, -0.1) is 22.0 Å². The molecule has 23 heavy (non-hydrogen) atoms. The lowest BCUT2D eigenvalue weighted by Crippen LogP contribution is -1.85. The summed E-state index contributed by atoms with van der Waals surface area (Å²) in [5.74, 6) is 1.31. The Morgan fingerprint density at radius 2 is 1.96 bits per heavy atom. The average molecular weight is 342 g/mol. The fourth-order valence-electron chi connectivity index (χ4n) is 2.48. The van der Waals surface area contributed by atoms with Crippen molar-refractivity contribution in [3.63, 3.8) is 0 Å². The van der Waals surface area contributed by atoms with E-state index in [-0.39, 0.29) is 0 Å². The minimum Gasteiger partial charge on any atom is -0.354 e. The standard InChI is InChI=1S/C16H12ClN5S/c17-11-6-7-13-12(8-11)16(23-9-14-19-21-22-20-14)15(18-13)10-4-2-1-3-5-10/h1-8,18H,9H2,(H,19,20,21,22). The van der Waals surface area contributed by atoms with Crippen molar-refractivity contribution >= 4 is 34.3 Å². The first-order chi connectivity index (χ1) is 11.3. The molecule has 0 radical (unpaired) electrons. The van der Waals surface area contributed by atoms with E-state index >= 15 is 0 Å². The highest BCUT2D eigenvalue weighted by Gasteiger charge is 2.15. The Bertz CT molecular complexity index is 934. The highest BCUT2D eigenvalue weighted by molar-refractivity contribution is 7.98. The predicted octanol–water partition coefficient (Wildman–Crippen LogP) is 4.29. The summed E-state index contributed by atoms with van der Waals surface area (Å²) in [5, 5.41) is 15.9. The molecule has 0 unspecified atom stereocenters. The molecule has 0 atom stereocenters. The molecule has 0 spiro atoms. The van der Waals surface area contributed by atoms with Crippen LogP contribution in [-0.2, 0) is 5.75 Å². The summed E-state index contributed by atoms with van der Waals surface area (Å²) >= 11 is 7.85. The number of benzene rings is 2. The molecule has 0 aliphatic rings. The number of hydrogen-bond donors (Lipinski definition) is 2. The van der Waals surface area contributed by atoms with Crippen LogP contribution in [0.4, 0.5) is 0 Å². The first-order valence-electron chi connectivity index (χ1n) is 7.03. The van der Waals surface area contributed by atoms with Crippen molar-refractivity contribution in [2.45, 2.75) is 10.6 Å². The largest absolute Gasteiger partial charge is 0.354 e. The van der Waals surface area contributed by atoms with Gasteiger partial charge in [0.1, 0.15) is 0 Å². The van der Waals surface area contributed by atoms with Crippen LogP contribution in [0.3, 0.4) is 0 Å². The first kappa shape index (κ1) is 14.3. The fourth-order valence-corrected chi connectivity index (χ4v) is 3.68. The molecule has 2 heterocycles. The third-order valence-corrected chi connectivity index (χ3v) is 4.86. The van der Waals surface area contributed by atoms with Crippen LogP contribution in [0.25, 0.3) is 22.2 Å². The summed E-state index contributed by atoms with van der Waals surface area (Å²) in [5.41, 5.74) is 3.27. The third kappa shape index (κ3) is 2.83. The molecule has 0 fully saturated rings. The van der Waals surface area contributed by atoms with Gasteiger partial charge in [-0.2, -0.15) is 5.21 Å². The third-order valence-electron chi connectivity index (χ3n) is 3.51. The van der Waals surface area contributed by atoms with Crippen LogP contribution in [0.5, 0.6) is 0 Å². The monoisotopic (exact) mass is 341 g/mol. The number of tetrazole rings is 1. The molecule has 2 aromatic carbocycles. The van der Waals surface area contributed by atoms with Crippen LogP contribution in [0.15, 0.2) is 53.4 Å². The summed E-state index contributed by atoms with van der Waals surface area (Å²) in [6.07, 6.45) is 0. The molecule has 5 nitrogen and oxygen atoms in total. The molecule has 0 saturated carbocycles. The minimum atomic E-state index is 0.635. The van der Waals surface area contributed by atoms with Crippen molar-refractivity contribution in [2.75, 3.05) is 0 Å². The quantitative estimate of drug-likeness (QED) is 0.543. The lowest BCUT2D eigenvalue weighted by molar-refractivity contribution is 0.881. The second kappa shape index (κ2) is 6.06. The van der Waals surface area contributed by atoms with Gasteiger partial charge in [-0.1, -0.05) is 47.1 Å². The van der Waals surface area contributed by atoms with Crippen LogP contribution in [0, 0.1) is 0 Å². The topological polar surface area (TPSA) is 70.2 Å². The van der Waals surface area contributed by atoms with E-state index in [1.165, 1.54) is 0 Å². The van der Waals surface area contributed by atoms with Gasteiger partial charge in [-0.25, -0.2) is 0 Å². The molecule has 4 rings (SSSR count). The molecule has 4 aromatic rings. The molecule has 114 valence electrons. The van der Waals surface area contributed by atoms with E-state index in [1.807, 2.05) is 36.4 Å². The maximum atomic E-state index is 6.18. The van der Waals surface area contributed by atoms with Crippen molar-refractivity contribution in [3.05, 3.63) is 59.4 Å². The number of thioether (sulfide) groups is 1. The van der Waals surface area contributed by atoms with Crippen LogP contribution >= 0.6 is 23.4 Å². The fraction of sp³-hybridized carbons (Fsp3) is 0.0625. The van der Waals surface area contributed by atoms with Gasteiger partial charge in [0.2, 0.25) is 0 Å². The van der Waals surface area contributed by atoms with E-state index < -0.39 is 0 Å². The summed E-state index contributed by atoms with van der Waals surface area (Å²) in [6, 6.07) is 16.1. The predicted molar refractivity (Wildman–Crippen MR) is 92.5 cm³/mol. The SMILES string of the molecule is Clc1ccc2[nH]c(-c3ccccc3)c(SCc3nn[nH]n3)c2c1. The summed E-state index contributed by atoms with van der Waals surface area (Å²) in [7, 11) is 0. The van der Waals surface area contributed by atoms with Gasteiger partial charge in [-0.3, -0.25) is 0 Å². The Morgan fingerprint density at radius 3 is 2.74 bits per heavy atom. The number of fused-ring (bicyclic) bond motifs is 1. The Hall–Kier alpha value is -2.31. The Morgan fingerprint density at radius 1 is 1.09 bits per heavy atom. The van der Waals surface area contributed by atoms with E-state index in [1.54, 1.807) is 11.8 Å². The molecule has 2 aromatic heterocycles. The zero-order valence-corrected chi connectivity index (χ0v) is 13.5. The molecular weight excluding hydrogens is 330 g/mol. The number of aromatic nitrogens is 5. The molecule has 0 aliphatic carbocycles. The van der Waals surface area contributed by atoms with Crippen LogP contribution < -0.4 is 0 Å². The zero-order valence-electron chi connectivity index (χ0n) is 12.0. The van der Waals surface area contributed by atoms with Crippen molar-refractivity contribution in [2.24, 2.45) is 0 Å². The maximum absolute atomic E-state index is 6.18. The molecular formula is C16H12ClN5S. The number of hydrogen-bond acceptors (Lipinski definition) is 4. The van der Waals surface area contributed by atoms with Gasteiger partial charge >= 0.3 is 0 Å². The van der Waals surface area contributed by atoms with Crippen LogP contribution in [0.2, 0.25) is 5.02 Å². The van der Waals surface area contributed by atoms with E-state index in [2.05, 4.69) is 37.7 Å². The smallest absolute Gasteiger partial charge is 0.184 e. The van der Waals surface area contributed by atoms with Crippen molar-refractivity contribution in [1.82, 2.24) is 25.6 Å². The maximum Gasteiger partial charge on any atom is 0.184 e. The zero-order chi connectivity index (χ0) is 15.6. The second-order valence-electron chi connectivity index (χ2n) is 5.00. The van der Waals surface area contributed by atoms with E-state index in [0.717, 1.165) is 32.1 Å². The number of rotatable bonds is 4. The highest BCUT2D eigenvalue weighted by Crippen LogP contribution is 2.39. The van der Waals surface area contributed by atoms with Crippen LogP contribution in [0.1, 0.15) is 5.82 Å². The molecule has 0 bridgehead atoms. The molecule has 0 saturated heterocycles. The highest BCUT2D eigenvalue weighted by atomic mass is 35.5. The average Bonchev–Trinajstić information content (AvgIpc) is 3.21. The molecule has 0 aliphatic heterocycles. The number of H-pyrrole nitrogens is 2. The number of nitrogens with one attached hydrogen (secondary N) is 2. The van der Waals surface area contributed by atoms with Crippen molar-refractivity contribution in [3.8, 4) is 11.3 Å². The number of aromatic amines is 2. The van der Waals surface area contributed by atoms with Gasteiger partial charge in [0.15, 0.2) is 5.82 Å². The first-order valence-corrected chi connectivity index (χ1v) is 8.39. The Balaban J connectivity index is 1.82. The summed E-state index contributed by atoms with van der Waals surface area (Å²) in [4.78, 5) is 4.63. The van der Waals surface area contributed by atoms with Gasteiger partial charge in [0.05, 0.1) is 11.4 Å². The van der Waals surface area contributed by atoms with E-state index in [4.69, 9.17) is 11.6 Å². The van der Waals surface area contributed by atoms with E-state index in [9.17, 15) is 0 Å². The Kier molecular flexibility index (Phi) is 3.77. The summed E-state index contributed by atoms with van der Waals surface area (Å²) in [6.45, 7) is 0.